The summed E-state index contributed by atoms with van der Waals surface area (Å²) in [7, 11) is 0. The largest absolute Gasteiger partial charge is 0.330 e. The molecule has 1 aliphatic rings. The van der Waals surface area contributed by atoms with Crippen LogP contribution >= 0.6 is 0 Å². The molecule has 3 rings (SSSR count). The van der Waals surface area contributed by atoms with Gasteiger partial charge in [-0.15, -0.1) is 0 Å². The SMILES string of the molecule is Cc1ccc(CN(C(=O)c2cc(CC(C)C)[nH]n2)C2CC2)cc1. The van der Waals surface area contributed by atoms with Gasteiger partial charge in [0, 0.05) is 18.3 Å². The van der Waals surface area contributed by atoms with Crippen LogP contribution in [0.4, 0.5) is 0 Å². The molecule has 1 saturated carbocycles. The highest BCUT2D eigenvalue weighted by Crippen LogP contribution is 2.29. The normalized spacial score (nSPS) is 14.3. The standard InChI is InChI=1S/C19H25N3O/c1-13(2)10-16-11-18(21-20-16)19(23)22(17-8-9-17)12-15-6-4-14(3)5-7-15/h4-7,11,13,17H,8-10,12H2,1-3H3,(H,20,21). The first-order chi connectivity index (χ1) is 11.0. The third-order valence-electron chi connectivity index (χ3n) is 4.20. The van der Waals surface area contributed by atoms with Gasteiger partial charge in [-0.3, -0.25) is 9.89 Å². The van der Waals surface area contributed by atoms with Gasteiger partial charge < -0.3 is 4.90 Å². The van der Waals surface area contributed by atoms with E-state index in [0.717, 1.165) is 25.0 Å². The fraction of sp³-hybridized carbons (Fsp3) is 0.474. The molecule has 1 amide bonds. The number of benzene rings is 1. The number of hydrogen-bond acceptors (Lipinski definition) is 2. The highest BCUT2D eigenvalue weighted by Gasteiger charge is 2.34. The van der Waals surface area contributed by atoms with E-state index < -0.39 is 0 Å². The highest BCUT2D eigenvalue weighted by molar-refractivity contribution is 5.92. The Morgan fingerprint density at radius 1 is 1.30 bits per heavy atom. The predicted octanol–water partition coefficient (Wildman–Crippen LogP) is 3.72. The van der Waals surface area contributed by atoms with Gasteiger partial charge in [0.2, 0.25) is 0 Å². The maximum atomic E-state index is 12.8. The van der Waals surface area contributed by atoms with Crippen LogP contribution in [0.25, 0.3) is 0 Å². The van der Waals surface area contributed by atoms with Gasteiger partial charge in [-0.2, -0.15) is 5.10 Å². The van der Waals surface area contributed by atoms with Gasteiger partial charge >= 0.3 is 0 Å². The fourth-order valence-electron chi connectivity index (χ4n) is 2.81. The summed E-state index contributed by atoms with van der Waals surface area (Å²) >= 11 is 0. The second kappa shape index (κ2) is 6.57. The molecule has 0 spiro atoms. The number of rotatable bonds is 6. The molecule has 0 atom stereocenters. The summed E-state index contributed by atoms with van der Waals surface area (Å²) in [6.45, 7) is 7.07. The Bertz CT molecular complexity index is 668. The highest BCUT2D eigenvalue weighted by atomic mass is 16.2. The van der Waals surface area contributed by atoms with Crippen LogP contribution in [-0.4, -0.2) is 27.0 Å². The third kappa shape index (κ3) is 4.01. The maximum Gasteiger partial charge on any atom is 0.274 e. The Morgan fingerprint density at radius 2 is 2.00 bits per heavy atom. The average molecular weight is 311 g/mol. The van der Waals surface area contributed by atoms with Gasteiger partial charge in [0.15, 0.2) is 0 Å². The zero-order chi connectivity index (χ0) is 16.4. The number of nitrogens with zero attached hydrogens (tertiary/aromatic N) is 2. The number of carbonyl (C=O) groups is 1. The summed E-state index contributed by atoms with van der Waals surface area (Å²) in [5.41, 5.74) is 3.99. The Kier molecular flexibility index (Phi) is 4.51. The quantitative estimate of drug-likeness (QED) is 0.884. The molecule has 1 N–H and O–H groups in total. The van der Waals surface area contributed by atoms with Crippen molar-refractivity contribution >= 4 is 5.91 Å². The molecule has 122 valence electrons. The summed E-state index contributed by atoms with van der Waals surface area (Å²) in [6, 6.07) is 10.7. The number of hydrogen-bond donors (Lipinski definition) is 1. The van der Waals surface area contributed by atoms with E-state index in [0.29, 0.717) is 24.2 Å². The predicted molar refractivity (Wildman–Crippen MR) is 91.2 cm³/mol. The van der Waals surface area contributed by atoms with Crippen LogP contribution in [0.2, 0.25) is 0 Å². The number of nitrogens with one attached hydrogen (secondary N) is 1. The van der Waals surface area contributed by atoms with Gasteiger partial charge in [0.05, 0.1) is 0 Å². The third-order valence-corrected chi connectivity index (χ3v) is 4.20. The Morgan fingerprint density at radius 3 is 2.61 bits per heavy atom. The summed E-state index contributed by atoms with van der Waals surface area (Å²) in [6.07, 6.45) is 3.11. The maximum absolute atomic E-state index is 12.8. The van der Waals surface area contributed by atoms with Gasteiger partial charge in [0.1, 0.15) is 5.69 Å². The lowest BCUT2D eigenvalue weighted by molar-refractivity contribution is 0.0724. The zero-order valence-corrected chi connectivity index (χ0v) is 14.2. The molecule has 1 aromatic heterocycles. The molecule has 4 nitrogen and oxygen atoms in total. The molecular weight excluding hydrogens is 286 g/mol. The van der Waals surface area contributed by atoms with Crippen molar-refractivity contribution < 1.29 is 4.79 Å². The Hall–Kier alpha value is -2.10. The molecule has 0 saturated heterocycles. The number of aromatic amines is 1. The average Bonchev–Trinajstić information content (AvgIpc) is 3.25. The molecule has 1 aliphatic carbocycles. The van der Waals surface area contributed by atoms with E-state index in [2.05, 4.69) is 55.2 Å². The van der Waals surface area contributed by atoms with E-state index in [4.69, 9.17) is 0 Å². The van der Waals surface area contributed by atoms with Crippen molar-refractivity contribution in [3.63, 3.8) is 0 Å². The minimum Gasteiger partial charge on any atom is -0.330 e. The topological polar surface area (TPSA) is 49.0 Å². The van der Waals surface area contributed by atoms with E-state index in [1.807, 2.05) is 11.0 Å². The van der Waals surface area contributed by atoms with Crippen LogP contribution < -0.4 is 0 Å². The second-order valence-corrected chi connectivity index (χ2v) is 7.03. The van der Waals surface area contributed by atoms with E-state index in [1.54, 1.807) is 0 Å². The van der Waals surface area contributed by atoms with Crippen LogP contribution in [0.1, 0.15) is 54.0 Å². The summed E-state index contributed by atoms with van der Waals surface area (Å²) in [4.78, 5) is 14.8. The molecule has 0 aliphatic heterocycles. The van der Waals surface area contributed by atoms with Gasteiger partial charge in [0.25, 0.3) is 5.91 Å². The first kappa shape index (κ1) is 15.8. The van der Waals surface area contributed by atoms with Crippen molar-refractivity contribution in [3.05, 3.63) is 52.8 Å². The number of H-pyrrole nitrogens is 1. The molecule has 0 bridgehead atoms. The smallest absolute Gasteiger partial charge is 0.274 e. The van der Waals surface area contributed by atoms with Crippen LogP contribution in [0.15, 0.2) is 30.3 Å². The van der Waals surface area contributed by atoms with Gasteiger partial charge in [-0.05, 0) is 43.7 Å². The van der Waals surface area contributed by atoms with Crippen molar-refractivity contribution in [1.82, 2.24) is 15.1 Å². The minimum absolute atomic E-state index is 0.0410. The lowest BCUT2D eigenvalue weighted by atomic mass is 10.1. The van der Waals surface area contributed by atoms with E-state index in [9.17, 15) is 4.79 Å². The summed E-state index contributed by atoms with van der Waals surface area (Å²) in [5.74, 6) is 0.588. The first-order valence-electron chi connectivity index (χ1n) is 8.43. The molecular formula is C19H25N3O. The molecule has 23 heavy (non-hydrogen) atoms. The zero-order valence-electron chi connectivity index (χ0n) is 14.2. The second-order valence-electron chi connectivity index (χ2n) is 7.03. The van der Waals surface area contributed by atoms with Crippen LogP contribution in [-0.2, 0) is 13.0 Å². The van der Waals surface area contributed by atoms with E-state index in [1.165, 1.54) is 11.1 Å². The molecule has 4 heteroatoms. The lowest BCUT2D eigenvalue weighted by Gasteiger charge is -2.21. The number of aromatic nitrogens is 2. The van der Waals surface area contributed by atoms with Crippen LogP contribution in [0.3, 0.4) is 0 Å². The molecule has 2 aromatic rings. The van der Waals surface area contributed by atoms with Gasteiger partial charge in [-0.1, -0.05) is 43.7 Å². The molecule has 0 unspecified atom stereocenters. The van der Waals surface area contributed by atoms with E-state index >= 15 is 0 Å². The Labute approximate surface area is 137 Å². The molecule has 0 radical (unpaired) electrons. The van der Waals surface area contributed by atoms with Crippen LogP contribution in [0.5, 0.6) is 0 Å². The van der Waals surface area contributed by atoms with Crippen molar-refractivity contribution in [1.29, 1.82) is 0 Å². The summed E-state index contributed by atoms with van der Waals surface area (Å²) in [5, 5.41) is 7.25. The first-order valence-corrected chi connectivity index (χ1v) is 8.43. The number of amides is 1. The van der Waals surface area contributed by atoms with Crippen molar-refractivity contribution in [2.24, 2.45) is 5.92 Å². The number of aryl methyl sites for hydroxylation is 1. The van der Waals surface area contributed by atoms with Crippen molar-refractivity contribution in [2.75, 3.05) is 0 Å². The monoisotopic (exact) mass is 311 g/mol. The van der Waals surface area contributed by atoms with Crippen molar-refractivity contribution in [3.8, 4) is 0 Å². The Balaban J connectivity index is 1.74. The van der Waals surface area contributed by atoms with E-state index in [-0.39, 0.29) is 5.91 Å². The summed E-state index contributed by atoms with van der Waals surface area (Å²) < 4.78 is 0. The molecule has 1 fully saturated rings. The van der Waals surface area contributed by atoms with Crippen LogP contribution in [0, 0.1) is 12.8 Å². The van der Waals surface area contributed by atoms with Gasteiger partial charge in [-0.25, -0.2) is 0 Å². The minimum atomic E-state index is 0.0410. The number of carbonyl (C=O) groups excluding carboxylic acids is 1. The fourth-order valence-corrected chi connectivity index (χ4v) is 2.81. The van der Waals surface area contributed by atoms with Crippen molar-refractivity contribution in [2.45, 2.75) is 52.6 Å². The molecule has 1 aromatic carbocycles. The lowest BCUT2D eigenvalue weighted by Crippen LogP contribution is -2.32. The molecule has 1 heterocycles.